The zero-order valence-electron chi connectivity index (χ0n) is 13.1. The summed E-state index contributed by atoms with van der Waals surface area (Å²) in [6.07, 6.45) is 13.4. The molecule has 1 atom stereocenters. The van der Waals surface area contributed by atoms with Crippen molar-refractivity contribution in [1.82, 2.24) is 0 Å². The van der Waals surface area contributed by atoms with Crippen LogP contribution in [0.5, 0.6) is 0 Å². The average molecular weight is 282 g/mol. The Hall–Kier alpha value is -0.240. The molecule has 0 bridgehead atoms. The lowest BCUT2D eigenvalue weighted by Crippen LogP contribution is -2.14. The fourth-order valence-corrected chi connectivity index (χ4v) is 3.11. The van der Waals surface area contributed by atoms with Crippen LogP contribution in [0.1, 0.15) is 72.1 Å². The van der Waals surface area contributed by atoms with Crippen LogP contribution in [0.25, 0.3) is 0 Å². The molecule has 1 aliphatic carbocycles. The van der Waals surface area contributed by atoms with Gasteiger partial charge in [0.05, 0.1) is 0 Å². The summed E-state index contributed by atoms with van der Waals surface area (Å²) < 4.78 is 0.415. The summed E-state index contributed by atoms with van der Waals surface area (Å²) >= 11 is 1.97. The number of allylic oxidation sites excluding steroid dienone is 2. The minimum atomic E-state index is 0.347. The fraction of sp³-hybridized carbons (Fsp3) is 0.824. The molecule has 2 heteroatoms. The number of hydrogen-bond acceptors (Lipinski definition) is 2. The van der Waals surface area contributed by atoms with Gasteiger partial charge in [-0.1, -0.05) is 45.6 Å². The number of carbonyl (C=O) groups excluding carboxylic acids is 1. The molecule has 1 rings (SSSR count). The second kappa shape index (κ2) is 8.14. The Morgan fingerprint density at radius 1 is 1.37 bits per heavy atom. The highest BCUT2D eigenvalue weighted by Crippen LogP contribution is 2.31. The summed E-state index contributed by atoms with van der Waals surface area (Å²) in [5.41, 5.74) is 1.41. The molecule has 0 saturated heterocycles. The molecule has 19 heavy (non-hydrogen) atoms. The summed E-state index contributed by atoms with van der Waals surface area (Å²) in [5.74, 6) is 1.12. The van der Waals surface area contributed by atoms with Crippen LogP contribution >= 0.6 is 11.8 Å². The van der Waals surface area contributed by atoms with E-state index >= 15 is 0 Å². The number of rotatable bonds is 8. The van der Waals surface area contributed by atoms with Gasteiger partial charge in [0.25, 0.3) is 0 Å². The van der Waals surface area contributed by atoms with Gasteiger partial charge in [0.15, 0.2) is 5.78 Å². The Morgan fingerprint density at radius 3 is 2.68 bits per heavy atom. The van der Waals surface area contributed by atoms with Crippen LogP contribution < -0.4 is 0 Å². The summed E-state index contributed by atoms with van der Waals surface area (Å²) in [6.45, 7) is 6.96. The zero-order chi connectivity index (χ0) is 14.3. The van der Waals surface area contributed by atoms with Crippen molar-refractivity contribution < 1.29 is 4.79 Å². The van der Waals surface area contributed by atoms with E-state index in [4.69, 9.17) is 0 Å². The van der Waals surface area contributed by atoms with Crippen molar-refractivity contribution in [3.63, 3.8) is 0 Å². The van der Waals surface area contributed by atoms with E-state index in [0.717, 1.165) is 31.6 Å². The molecule has 0 aromatic rings. The van der Waals surface area contributed by atoms with Gasteiger partial charge < -0.3 is 0 Å². The first-order valence-corrected chi connectivity index (χ1v) is 8.96. The number of hydrogen-bond donors (Lipinski definition) is 0. The molecular formula is C17H30OS. The predicted octanol–water partition coefficient (Wildman–Crippen LogP) is 5.39. The van der Waals surface area contributed by atoms with Crippen molar-refractivity contribution >= 4 is 17.5 Å². The SMILES string of the molecule is CCC(CCCC(C)(C)SC)CC1=CC(=O)CCC1. The van der Waals surface area contributed by atoms with Crippen molar-refractivity contribution in [2.24, 2.45) is 5.92 Å². The van der Waals surface area contributed by atoms with E-state index < -0.39 is 0 Å². The Kier molecular flexibility index (Phi) is 7.20. The van der Waals surface area contributed by atoms with E-state index in [0.29, 0.717) is 10.5 Å². The monoisotopic (exact) mass is 282 g/mol. The molecular weight excluding hydrogens is 252 g/mol. The van der Waals surface area contributed by atoms with Gasteiger partial charge in [-0.3, -0.25) is 4.79 Å². The first kappa shape index (κ1) is 16.8. The van der Waals surface area contributed by atoms with Crippen molar-refractivity contribution in [2.45, 2.75) is 76.9 Å². The third-order valence-electron chi connectivity index (χ3n) is 4.36. The minimum Gasteiger partial charge on any atom is -0.295 e. The van der Waals surface area contributed by atoms with Crippen LogP contribution in [-0.4, -0.2) is 16.8 Å². The quantitative estimate of drug-likeness (QED) is 0.593. The second-order valence-corrected chi connectivity index (χ2v) is 7.97. The smallest absolute Gasteiger partial charge is 0.155 e. The lowest BCUT2D eigenvalue weighted by atomic mass is 9.86. The Labute approximate surface area is 123 Å². The van der Waals surface area contributed by atoms with Crippen LogP contribution in [0.4, 0.5) is 0 Å². The lowest BCUT2D eigenvalue weighted by molar-refractivity contribution is -0.115. The number of ketones is 1. The van der Waals surface area contributed by atoms with E-state index in [1.165, 1.54) is 31.3 Å². The van der Waals surface area contributed by atoms with E-state index in [9.17, 15) is 4.79 Å². The van der Waals surface area contributed by atoms with Gasteiger partial charge in [-0.2, -0.15) is 11.8 Å². The maximum Gasteiger partial charge on any atom is 0.155 e. The normalized spacial score (nSPS) is 18.3. The summed E-state index contributed by atoms with van der Waals surface area (Å²) in [7, 11) is 0. The first-order valence-electron chi connectivity index (χ1n) is 7.74. The minimum absolute atomic E-state index is 0.347. The molecule has 0 spiro atoms. The van der Waals surface area contributed by atoms with Crippen molar-refractivity contribution in [2.75, 3.05) is 6.26 Å². The van der Waals surface area contributed by atoms with Gasteiger partial charge in [-0.05, 0) is 43.9 Å². The van der Waals surface area contributed by atoms with Gasteiger partial charge in [-0.25, -0.2) is 0 Å². The standard InChI is InChI=1S/C17H30OS/c1-5-14(9-7-11-17(2,3)19-4)12-15-8-6-10-16(18)13-15/h13-14H,5-12H2,1-4H3. The number of thioether (sulfide) groups is 1. The van der Waals surface area contributed by atoms with E-state index in [2.05, 4.69) is 27.0 Å². The molecule has 0 saturated carbocycles. The maximum absolute atomic E-state index is 11.4. The maximum atomic E-state index is 11.4. The van der Waals surface area contributed by atoms with Gasteiger partial charge in [0.1, 0.15) is 0 Å². The van der Waals surface area contributed by atoms with Gasteiger partial charge in [0, 0.05) is 11.2 Å². The number of carbonyl (C=O) groups is 1. The Bertz CT molecular complexity index is 317. The average Bonchev–Trinajstić information content (AvgIpc) is 2.37. The molecule has 1 unspecified atom stereocenters. The largest absolute Gasteiger partial charge is 0.295 e. The van der Waals surface area contributed by atoms with Crippen molar-refractivity contribution in [3.8, 4) is 0 Å². The van der Waals surface area contributed by atoms with Crippen LogP contribution in [0.3, 0.4) is 0 Å². The van der Waals surface area contributed by atoms with Gasteiger partial charge >= 0.3 is 0 Å². The lowest BCUT2D eigenvalue weighted by Gasteiger charge is -2.24. The second-order valence-electron chi connectivity index (χ2n) is 6.46. The van der Waals surface area contributed by atoms with E-state index in [1.807, 2.05) is 17.8 Å². The highest BCUT2D eigenvalue weighted by Gasteiger charge is 2.18. The van der Waals surface area contributed by atoms with Gasteiger partial charge in [0.2, 0.25) is 0 Å². The molecule has 0 fully saturated rings. The summed E-state index contributed by atoms with van der Waals surface area (Å²) in [6, 6.07) is 0. The molecule has 0 heterocycles. The van der Waals surface area contributed by atoms with E-state index in [-0.39, 0.29) is 0 Å². The van der Waals surface area contributed by atoms with Crippen LogP contribution in [0.2, 0.25) is 0 Å². The highest BCUT2D eigenvalue weighted by atomic mass is 32.2. The Morgan fingerprint density at radius 2 is 2.11 bits per heavy atom. The molecule has 1 nitrogen and oxygen atoms in total. The molecule has 0 radical (unpaired) electrons. The topological polar surface area (TPSA) is 17.1 Å². The Balaban J connectivity index is 2.35. The van der Waals surface area contributed by atoms with Crippen molar-refractivity contribution in [1.29, 1.82) is 0 Å². The van der Waals surface area contributed by atoms with Crippen LogP contribution in [0.15, 0.2) is 11.6 Å². The zero-order valence-corrected chi connectivity index (χ0v) is 13.9. The molecule has 0 aromatic carbocycles. The molecule has 1 aliphatic rings. The van der Waals surface area contributed by atoms with E-state index in [1.54, 1.807) is 0 Å². The molecule has 0 N–H and O–H groups in total. The summed E-state index contributed by atoms with van der Waals surface area (Å²) in [4.78, 5) is 11.4. The predicted molar refractivity (Wildman–Crippen MR) is 86.8 cm³/mol. The molecule has 110 valence electrons. The third-order valence-corrected chi connectivity index (χ3v) is 5.67. The fourth-order valence-electron chi connectivity index (χ4n) is 2.76. The summed E-state index contributed by atoms with van der Waals surface area (Å²) in [5, 5.41) is 0. The van der Waals surface area contributed by atoms with Crippen molar-refractivity contribution in [3.05, 3.63) is 11.6 Å². The van der Waals surface area contributed by atoms with Crippen LogP contribution in [0, 0.1) is 5.92 Å². The third kappa shape index (κ3) is 6.65. The molecule has 0 amide bonds. The first-order chi connectivity index (χ1) is 8.96. The van der Waals surface area contributed by atoms with Crippen LogP contribution in [-0.2, 0) is 4.79 Å². The van der Waals surface area contributed by atoms with Gasteiger partial charge in [-0.15, -0.1) is 0 Å². The molecule has 0 aliphatic heterocycles. The highest BCUT2D eigenvalue weighted by molar-refractivity contribution is 7.99. The molecule has 0 aromatic heterocycles.